The predicted octanol–water partition coefficient (Wildman–Crippen LogP) is 4.89. The number of hydrogen-bond acceptors (Lipinski definition) is 5. The van der Waals surface area contributed by atoms with Gasteiger partial charge in [-0.15, -0.1) is 13.2 Å². The number of hydrogen-bond donors (Lipinski definition) is 1. The Morgan fingerprint density at radius 1 is 1.00 bits per heavy atom. The zero-order valence-corrected chi connectivity index (χ0v) is 19.5. The minimum atomic E-state index is -4.86. The number of rotatable bonds is 7. The third kappa shape index (κ3) is 6.42. The molecule has 0 unspecified atom stereocenters. The molecule has 37 heavy (non-hydrogen) atoms. The summed E-state index contributed by atoms with van der Waals surface area (Å²) in [6.07, 6.45) is -3.32. The average Bonchev–Trinajstić information content (AvgIpc) is 2.83. The maximum absolute atomic E-state index is 13.7. The Kier molecular flexibility index (Phi) is 8.53. The molecule has 1 aromatic heterocycles. The van der Waals surface area contributed by atoms with Gasteiger partial charge in [0.25, 0.3) is 10.0 Å². The number of fused-ring (bicyclic) bond motifs is 1. The van der Waals surface area contributed by atoms with Gasteiger partial charge in [0, 0.05) is 17.1 Å². The van der Waals surface area contributed by atoms with E-state index in [1.807, 2.05) is 24.3 Å². The third-order valence-electron chi connectivity index (χ3n) is 5.43. The van der Waals surface area contributed by atoms with Crippen LogP contribution in [0.1, 0.15) is 21.5 Å². The van der Waals surface area contributed by atoms with Gasteiger partial charge in [0.15, 0.2) is 0 Å². The molecule has 0 spiro atoms. The molecular weight excluding hydrogens is 520 g/mol. The second kappa shape index (κ2) is 11.1. The summed E-state index contributed by atoms with van der Waals surface area (Å²) in [5, 5.41) is 10.7. The Morgan fingerprint density at radius 2 is 1.62 bits per heavy atom. The van der Waals surface area contributed by atoms with E-state index in [-0.39, 0.29) is 52.4 Å². The van der Waals surface area contributed by atoms with Crippen molar-refractivity contribution < 1.29 is 36.2 Å². The first-order chi connectivity index (χ1) is 17.0. The summed E-state index contributed by atoms with van der Waals surface area (Å²) >= 11 is 0. The summed E-state index contributed by atoms with van der Waals surface area (Å²) in [5.41, 5.74) is 0.876. The Morgan fingerprint density at radius 3 is 2.22 bits per heavy atom. The van der Waals surface area contributed by atoms with Crippen LogP contribution in [0.15, 0.2) is 83.9 Å². The maximum atomic E-state index is 13.7. The van der Waals surface area contributed by atoms with Crippen molar-refractivity contribution in [3.05, 3.63) is 95.7 Å². The summed E-state index contributed by atoms with van der Waals surface area (Å²) < 4.78 is 69.9. The minimum absolute atomic E-state index is 0. The van der Waals surface area contributed by atoms with Crippen LogP contribution in [0.3, 0.4) is 0 Å². The van der Waals surface area contributed by atoms with E-state index in [2.05, 4.69) is 9.72 Å². The Balaban J connectivity index is 0.00000380. The standard InChI is InChI=1S/C25H19F3N2O5S.Na.H/c1-16-22-5-3-2-4-19(22)14-29-23(16)30(15-17-6-10-20(11-7-17)35-25(26,27)28)36(33,34)21-12-8-18(9-13-21)24(31)32;;/h2-14H,15H2,1H3,(H,31,32);;. The van der Waals surface area contributed by atoms with Gasteiger partial charge in [-0.25, -0.2) is 22.5 Å². The number of sulfonamides is 1. The number of aromatic nitrogens is 1. The molecule has 0 aliphatic rings. The van der Waals surface area contributed by atoms with E-state index >= 15 is 0 Å². The van der Waals surface area contributed by atoms with E-state index in [0.717, 1.165) is 27.2 Å². The molecule has 0 radical (unpaired) electrons. The van der Waals surface area contributed by atoms with Gasteiger partial charge in [0.1, 0.15) is 11.6 Å². The zero-order chi connectivity index (χ0) is 26.1. The van der Waals surface area contributed by atoms with Gasteiger partial charge >= 0.3 is 41.9 Å². The molecule has 0 fully saturated rings. The first-order valence-corrected chi connectivity index (χ1v) is 11.9. The number of carbonyl (C=O) groups is 1. The van der Waals surface area contributed by atoms with Crippen LogP contribution in [-0.4, -0.2) is 60.4 Å². The number of nitrogens with zero attached hydrogens (tertiary/aromatic N) is 2. The van der Waals surface area contributed by atoms with Gasteiger partial charge in [-0.2, -0.15) is 0 Å². The average molecular weight is 540 g/mol. The van der Waals surface area contributed by atoms with Crippen LogP contribution in [0.2, 0.25) is 0 Å². The molecule has 4 aromatic rings. The van der Waals surface area contributed by atoms with Gasteiger partial charge in [0.2, 0.25) is 0 Å². The zero-order valence-electron chi connectivity index (χ0n) is 18.7. The van der Waals surface area contributed by atoms with E-state index in [0.29, 0.717) is 11.1 Å². The van der Waals surface area contributed by atoms with Gasteiger partial charge in [0.05, 0.1) is 17.0 Å². The quantitative estimate of drug-likeness (QED) is 0.336. The number of halogens is 3. The SMILES string of the molecule is Cc1c(N(Cc2ccc(OC(F)(F)F)cc2)S(=O)(=O)c2ccc(C(=O)O)cc2)ncc2ccccc12.[NaH]. The summed E-state index contributed by atoms with van der Waals surface area (Å²) in [4.78, 5) is 15.4. The number of carboxylic acids is 1. The number of ether oxygens (including phenoxy) is 1. The van der Waals surface area contributed by atoms with Gasteiger partial charge < -0.3 is 9.84 Å². The van der Waals surface area contributed by atoms with Crippen molar-refractivity contribution in [3.8, 4) is 5.75 Å². The van der Waals surface area contributed by atoms with Crippen LogP contribution in [0.4, 0.5) is 19.0 Å². The van der Waals surface area contributed by atoms with E-state index in [9.17, 15) is 26.4 Å². The summed E-state index contributed by atoms with van der Waals surface area (Å²) in [6.45, 7) is 1.47. The summed E-state index contributed by atoms with van der Waals surface area (Å²) in [5.74, 6) is -1.51. The van der Waals surface area contributed by atoms with Crippen molar-refractivity contribution in [1.29, 1.82) is 0 Å². The van der Waals surface area contributed by atoms with Crippen LogP contribution >= 0.6 is 0 Å². The molecule has 12 heteroatoms. The number of carboxylic acid groups (broad SMARTS) is 1. The molecule has 0 aliphatic heterocycles. The van der Waals surface area contributed by atoms with Crippen LogP contribution in [-0.2, 0) is 16.6 Å². The number of benzene rings is 3. The fourth-order valence-electron chi connectivity index (χ4n) is 3.68. The molecule has 1 N–H and O–H groups in total. The predicted molar refractivity (Wildman–Crippen MR) is 134 cm³/mol. The van der Waals surface area contributed by atoms with Crippen molar-refractivity contribution in [3.63, 3.8) is 0 Å². The van der Waals surface area contributed by atoms with E-state index < -0.39 is 28.1 Å². The molecular formula is C25H20F3N2NaO5S. The van der Waals surface area contributed by atoms with Crippen molar-refractivity contribution in [1.82, 2.24) is 4.98 Å². The second-order valence-corrected chi connectivity index (χ2v) is 9.69. The molecule has 0 aliphatic carbocycles. The Labute approximate surface area is 232 Å². The molecule has 4 rings (SSSR count). The van der Waals surface area contributed by atoms with Crippen LogP contribution < -0.4 is 9.04 Å². The van der Waals surface area contributed by atoms with Crippen LogP contribution in [0.25, 0.3) is 10.8 Å². The molecule has 0 saturated heterocycles. The molecule has 1 heterocycles. The number of anilines is 1. The molecule has 0 saturated carbocycles. The first-order valence-electron chi connectivity index (χ1n) is 10.5. The van der Waals surface area contributed by atoms with Gasteiger partial charge in [-0.3, -0.25) is 0 Å². The van der Waals surface area contributed by atoms with E-state index in [4.69, 9.17) is 5.11 Å². The third-order valence-corrected chi connectivity index (χ3v) is 7.18. The van der Waals surface area contributed by atoms with Crippen molar-refractivity contribution in [2.24, 2.45) is 0 Å². The molecule has 188 valence electrons. The summed E-state index contributed by atoms with van der Waals surface area (Å²) in [7, 11) is -4.26. The number of aromatic carboxylic acids is 1. The van der Waals surface area contributed by atoms with E-state index in [1.165, 1.54) is 42.6 Å². The molecule has 0 amide bonds. The summed E-state index contributed by atoms with van der Waals surface area (Å²) in [6, 6.07) is 16.9. The number of alkyl halides is 3. The number of pyridine rings is 1. The van der Waals surface area contributed by atoms with Crippen molar-refractivity contribution >= 4 is 62.1 Å². The molecule has 3 aromatic carbocycles. The molecule has 7 nitrogen and oxygen atoms in total. The van der Waals surface area contributed by atoms with E-state index in [1.54, 1.807) is 6.92 Å². The number of aryl methyl sites for hydroxylation is 1. The second-order valence-electron chi connectivity index (χ2n) is 7.83. The van der Waals surface area contributed by atoms with Gasteiger partial charge in [-0.05, 0) is 54.3 Å². The van der Waals surface area contributed by atoms with Crippen molar-refractivity contribution in [2.45, 2.75) is 24.7 Å². The monoisotopic (exact) mass is 540 g/mol. The topological polar surface area (TPSA) is 96.8 Å². The van der Waals surface area contributed by atoms with Gasteiger partial charge in [-0.1, -0.05) is 36.4 Å². The van der Waals surface area contributed by atoms with Crippen LogP contribution in [0, 0.1) is 6.92 Å². The Hall–Kier alpha value is -3.12. The molecule has 0 bridgehead atoms. The van der Waals surface area contributed by atoms with Crippen molar-refractivity contribution in [2.75, 3.05) is 4.31 Å². The first kappa shape index (κ1) is 28.5. The fourth-order valence-corrected chi connectivity index (χ4v) is 5.15. The normalized spacial score (nSPS) is 11.6. The molecule has 0 atom stereocenters. The fraction of sp³-hybridized carbons (Fsp3) is 0.120. The Bertz CT molecular complexity index is 1530. The van der Waals surface area contributed by atoms with Crippen LogP contribution in [0.5, 0.6) is 5.75 Å².